The van der Waals surface area contributed by atoms with Crippen LogP contribution in [-0.4, -0.2) is 34.6 Å². The largest absolute Gasteiger partial charge is 0.390 e. The highest BCUT2D eigenvalue weighted by atomic mass is 16.3. The summed E-state index contributed by atoms with van der Waals surface area (Å²) >= 11 is 0. The first-order valence-electron chi connectivity index (χ1n) is 9.44. The van der Waals surface area contributed by atoms with Gasteiger partial charge in [-0.1, -0.05) is 37.3 Å². The average Bonchev–Trinajstić information content (AvgIpc) is 2.96. The number of hydrogen-bond acceptors (Lipinski definition) is 2. The maximum atomic E-state index is 12.5. The van der Waals surface area contributed by atoms with Crippen LogP contribution in [0.2, 0.25) is 0 Å². The summed E-state index contributed by atoms with van der Waals surface area (Å²) in [6.45, 7) is 6.09. The molecule has 1 aromatic carbocycles. The smallest absolute Gasteiger partial charge is 0.225 e. The molecule has 0 bridgehead atoms. The Morgan fingerprint density at radius 3 is 2.50 bits per heavy atom. The number of aliphatic hydroxyl groups is 1. The van der Waals surface area contributed by atoms with E-state index >= 15 is 0 Å². The van der Waals surface area contributed by atoms with Crippen molar-refractivity contribution in [3.63, 3.8) is 0 Å². The van der Waals surface area contributed by atoms with Crippen LogP contribution in [0.5, 0.6) is 0 Å². The molecule has 2 saturated carbocycles. The van der Waals surface area contributed by atoms with Crippen LogP contribution in [0.15, 0.2) is 30.3 Å². The van der Waals surface area contributed by atoms with Crippen LogP contribution < -0.4 is 0 Å². The van der Waals surface area contributed by atoms with Crippen molar-refractivity contribution in [3.05, 3.63) is 35.9 Å². The minimum atomic E-state index is -0.605. The molecule has 1 N–H and O–H groups in total. The summed E-state index contributed by atoms with van der Waals surface area (Å²) in [6.07, 6.45) is 5.10. The lowest BCUT2D eigenvalue weighted by Gasteiger charge is -2.52. The molecule has 24 heavy (non-hydrogen) atoms. The summed E-state index contributed by atoms with van der Waals surface area (Å²) in [7, 11) is 0. The summed E-state index contributed by atoms with van der Waals surface area (Å²) in [5.74, 6) is 1.70. The van der Waals surface area contributed by atoms with Gasteiger partial charge in [-0.2, -0.15) is 0 Å². The molecule has 2 aliphatic carbocycles. The molecule has 4 rings (SSSR count). The van der Waals surface area contributed by atoms with Gasteiger partial charge in [0.2, 0.25) is 5.91 Å². The first kappa shape index (κ1) is 16.1. The third kappa shape index (κ3) is 2.77. The fourth-order valence-electron chi connectivity index (χ4n) is 5.35. The van der Waals surface area contributed by atoms with E-state index in [0.29, 0.717) is 24.2 Å². The van der Waals surface area contributed by atoms with Crippen LogP contribution in [0.1, 0.15) is 57.4 Å². The number of nitrogens with zero attached hydrogens (tertiary/aromatic N) is 1. The highest BCUT2D eigenvalue weighted by Gasteiger charge is 2.53. The molecule has 3 heteroatoms. The number of hydrogen-bond donors (Lipinski definition) is 1. The van der Waals surface area contributed by atoms with E-state index in [0.717, 1.165) is 19.0 Å². The van der Waals surface area contributed by atoms with Crippen molar-refractivity contribution < 1.29 is 9.90 Å². The third-order valence-electron chi connectivity index (χ3n) is 6.86. The van der Waals surface area contributed by atoms with Gasteiger partial charge < -0.3 is 10.0 Å². The molecule has 1 heterocycles. The fourth-order valence-corrected chi connectivity index (χ4v) is 5.35. The predicted octanol–water partition coefficient (Wildman–Crippen LogP) is 3.58. The molecule has 0 aromatic heterocycles. The Morgan fingerprint density at radius 2 is 1.88 bits per heavy atom. The molecular formula is C21H29NO2. The van der Waals surface area contributed by atoms with Crippen LogP contribution >= 0.6 is 0 Å². The van der Waals surface area contributed by atoms with E-state index in [1.54, 1.807) is 0 Å². The second-order valence-corrected chi connectivity index (χ2v) is 9.00. The van der Waals surface area contributed by atoms with E-state index in [-0.39, 0.29) is 11.8 Å². The lowest BCUT2D eigenvalue weighted by molar-refractivity contribution is -0.161. The maximum Gasteiger partial charge on any atom is 0.225 e. The lowest BCUT2D eigenvalue weighted by atomic mass is 9.69. The maximum absolute atomic E-state index is 12.5. The van der Waals surface area contributed by atoms with Crippen molar-refractivity contribution in [2.24, 2.45) is 17.3 Å². The molecule has 130 valence electrons. The standard InChI is InChI=1S/C21H29NO2/c1-15(16-6-4-3-5-7-16)17-8-9-21(12-17)13-22(14-21)19(23)18-10-20(2,24)11-18/h3-7,15,17-18,24H,8-14H2,1-2H3/t15-,17-,18?,20?/m0/s1. The summed E-state index contributed by atoms with van der Waals surface area (Å²) < 4.78 is 0. The second kappa shape index (κ2) is 5.59. The zero-order chi connectivity index (χ0) is 16.9. The normalized spacial score (nSPS) is 35.4. The van der Waals surface area contributed by atoms with Gasteiger partial charge >= 0.3 is 0 Å². The zero-order valence-corrected chi connectivity index (χ0v) is 14.9. The Hall–Kier alpha value is -1.35. The van der Waals surface area contributed by atoms with Gasteiger partial charge in [-0.05, 0) is 56.4 Å². The highest BCUT2D eigenvalue weighted by molar-refractivity contribution is 5.81. The first-order valence-corrected chi connectivity index (χ1v) is 9.44. The topological polar surface area (TPSA) is 40.5 Å². The van der Waals surface area contributed by atoms with Crippen molar-refractivity contribution in [1.29, 1.82) is 0 Å². The van der Waals surface area contributed by atoms with Gasteiger partial charge in [-0.25, -0.2) is 0 Å². The van der Waals surface area contributed by atoms with Gasteiger partial charge in [0.15, 0.2) is 0 Å². The summed E-state index contributed by atoms with van der Waals surface area (Å²) in [4.78, 5) is 14.5. The van der Waals surface area contributed by atoms with E-state index in [4.69, 9.17) is 0 Å². The van der Waals surface area contributed by atoms with Crippen LogP contribution in [0.25, 0.3) is 0 Å². The van der Waals surface area contributed by atoms with Crippen LogP contribution in [0, 0.1) is 17.3 Å². The van der Waals surface area contributed by atoms with E-state index in [2.05, 4.69) is 42.2 Å². The van der Waals surface area contributed by atoms with Crippen LogP contribution in [0.4, 0.5) is 0 Å². The molecule has 0 unspecified atom stereocenters. The monoisotopic (exact) mass is 327 g/mol. The molecular weight excluding hydrogens is 298 g/mol. The predicted molar refractivity (Wildman–Crippen MR) is 94.6 cm³/mol. The van der Waals surface area contributed by atoms with Crippen LogP contribution in [0.3, 0.4) is 0 Å². The Labute approximate surface area is 145 Å². The van der Waals surface area contributed by atoms with Crippen molar-refractivity contribution in [1.82, 2.24) is 4.90 Å². The van der Waals surface area contributed by atoms with Gasteiger partial charge in [0, 0.05) is 24.4 Å². The van der Waals surface area contributed by atoms with Crippen molar-refractivity contribution in [2.75, 3.05) is 13.1 Å². The van der Waals surface area contributed by atoms with Crippen molar-refractivity contribution in [3.8, 4) is 0 Å². The summed E-state index contributed by atoms with van der Waals surface area (Å²) in [5.41, 5.74) is 1.23. The van der Waals surface area contributed by atoms with Gasteiger partial charge in [0.25, 0.3) is 0 Å². The molecule has 1 aromatic rings. The van der Waals surface area contributed by atoms with E-state index in [9.17, 15) is 9.90 Å². The molecule has 1 amide bonds. The summed E-state index contributed by atoms with van der Waals surface area (Å²) in [5, 5.41) is 9.84. The number of amides is 1. The number of likely N-dealkylation sites (tertiary alicyclic amines) is 1. The summed E-state index contributed by atoms with van der Waals surface area (Å²) in [6, 6.07) is 10.8. The minimum absolute atomic E-state index is 0.0674. The third-order valence-corrected chi connectivity index (χ3v) is 6.86. The molecule has 0 radical (unpaired) electrons. The first-order chi connectivity index (χ1) is 11.4. The number of benzene rings is 1. The SMILES string of the molecule is C[C@@H](c1ccccc1)[C@H]1CCC2(C1)CN(C(=O)C1CC(C)(O)C1)C2. The van der Waals surface area contributed by atoms with Crippen molar-refractivity contribution >= 4 is 5.91 Å². The molecule has 1 aliphatic heterocycles. The van der Waals surface area contributed by atoms with E-state index in [1.807, 2.05) is 6.92 Å². The fraction of sp³-hybridized carbons (Fsp3) is 0.667. The minimum Gasteiger partial charge on any atom is -0.390 e. The second-order valence-electron chi connectivity index (χ2n) is 9.00. The zero-order valence-electron chi connectivity index (χ0n) is 14.9. The quantitative estimate of drug-likeness (QED) is 0.922. The highest BCUT2D eigenvalue weighted by Crippen LogP contribution is 2.53. The van der Waals surface area contributed by atoms with Crippen molar-refractivity contribution in [2.45, 2.75) is 57.5 Å². The Bertz CT molecular complexity index is 610. The molecule has 1 saturated heterocycles. The molecule has 3 fully saturated rings. The molecule has 3 aliphatic rings. The van der Waals surface area contributed by atoms with Gasteiger partial charge in [0.05, 0.1) is 5.60 Å². The Balaban J connectivity index is 1.31. The van der Waals surface area contributed by atoms with E-state index in [1.165, 1.54) is 24.8 Å². The molecule has 3 nitrogen and oxygen atoms in total. The van der Waals surface area contributed by atoms with Crippen LogP contribution in [-0.2, 0) is 4.79 Å². The lowest BCUT2D eigenvalue weighted by Crippen LogP contribution is -2.61. The van der Waals surface area contributed by atoms with Gasteiger partial charge in [-0.3, -0.25) is 4.79 Å². The molecule has 1 spiro atoms. The number of rotatable bonds is 3. The van der Waals surface area contributed by atoms with Gasteiger partial charge in [0.1, 0.15) is 0 Å². The average molecular weight is 327 g/mol. The molecule has 2 atom stereocenters. The Kier molecular flexibility index (Phi) is 3.76. The van der Waals surface area contributed by atoms with E-state index < -0.39 is 5.60 Å². The van der Waals surface area contributed by atoms with Gasteiger partial charge in [-0.15, -0.1) is 0 Å². The number of carbonyl (C=O) groups excluding carboxylic acids is 1. The number of carbonyl (C=O) groups is 1. The Morgan fingerprint density at radius 1 is 1.21 bits per heavy atom.